The molecule has 0 bridgehead atoms. The number of carbonyl (C=O) groups is 2. The molecule has 3 N–H and O–H groups in total. The third kappa shape index (κ3) is 7.54. The molecular weight excluding hydrogens is 479 g/mol. The summed E-state index contributed by atoms with van der Waals surface area (Å²) in [5, 5.41) is 7.81. The highest BCUT2D eigenvalue weighted by Crippen LogP contribution is 2.30. The first-order valence-electron chi connectivity index (χ1n) is 10.5. The molecule has 0 fully saturated rings. The number of nitrogens with one attached hydrogen (secondary N) is 3. The van der Waals surface area contributed by atoms with E-state index < -0.39 is 23.6 Å². The first-order chi connectivity index (χ1) is 16.5. The summed E-state index contributed by atoms with van der Waals surface area (Å²) in [6.07, 6.45) is -4.57. The minimum absolute atomic E-state index is 0.000572. The quantitative estimate of drug-likeness (QED) is 0.368. The fourth-order valence-corrected chi connectivity index (χ4v) is 3.25. The zero-order valence-corrected chi connectivity index (χ0v) is 19.6. The summed E-state index contributed by atoms with van der Waals surface area (Å²) in [6.45, 7) is 3.75. The molecule has 3 aromatic rings. The molecule has 0 heterocycles. The van der Waals surface area contributed by atoms with Crippen LogP contribution in [0.15, 0.2) is 72.8 Å². The molecule has 2 amide bonds. The second-order valence-electron chi connectivity index (χ2n) is 7.72. The molecule has 0 radical (unpaired) electrons. The molecule has 0 unspecified atom stereocenters. The Morgan fingerprint density at radius 2 is 1.43 bits per heavy atom. The van der Waals surface area contributed by atoms with Gasteiger partial charge in [-0.15, -0.1) is 0 Å². The van der Waals surface area contributed by atoms with Gasteiger partial charge in [0.1, 0.15) is 5.75 Å². The van der Waals surface area contributed by atoms with Crippen LogP contribution in [0.3, 0.4) is 0 Å². The normalized spacial score (nSPS) is 11.0. The topological polar surface area (TPSA) is 79.5 Å². The Labute approximate surface area is 205 Å². The summed E-state index contributed by atoms with van der Waals surface area (Å²) in [4.78, 5) is 25.1. The van der Waals surface area contributed by atoms with Gasteiger partial charge >= 0.3 is 6.18 Å². The van der Waals surface area contributed by atoms with E-state index in [2.05, 4.69) is 16.0 Å². The van der Waals surface area contributed by atoms with Crippen molar-refractivity contribution in [3.63, 3.8) is 0 Å². The summed E-state index contributed by atoms with van der Waals surface area (Å²) in [7, 11) is 0. The third-order valence-electron chi connectivity index (χ3n) is 4.53. The van der Waals surface area contributed by atoms with Crippen LogP contribution in [0.2, 0.25) is 0 Å². The molecule has 10 heteroatoms. The molecule has 0 aliphatic carbocycles. The Morgan fingerprint density at radius 3 is 2.09 bits per heavy atom. The Hall–Kier alpha value is -3.92. The second-order valence-corrected chi connectivity index (χ2v) is 8.12. The van der Waals surface area contributed by atoms with Crippen LogP contribution in [-0.2, 0) is 6.18 Å². The molecule has 35 heavy (non-hydrogen) atoms. The van der Waals surface area contributed by atoms with Crippen LogP contribution in [0.4, 0.5) is 24.5 Å². The molecular formula is C25H22F3N3O3S. The van der Waals surface area contributed by atoms with E-state index in [1.54, 1.807) is 36.4 Å². The molecule has 182 valence electrons. The highest BCUT2D eigenvalue weighted by atomic mass is 32.1. The van der Waals surface area contributed by atoms with Gasteiger partial charge in [-0.3, -0.25) is 14.9 Å². The zero-order chi connectivity index (χ0) is 25.6. The molecule has 3 rings (SSSR count). The SMILES string of the molecule is CC(C)Oc1cccc(C(=O)NC(=S)Nc2cccc(C(=O)Nc3cccc(C(F)(F)F)c3)c2)c1. The van der Waals surface area contributed by atoms with Crippen molar-refractivity contribution in [2.24, 2.45) is 0 Å². The molecule has 3 aromatic carbocycles. The van der Waals surface area contributed by atoms with Crippen LogP contribution in [-0.4, -0.2) is 23.0 Å². The number of benzene rings is 3. The van der Waals surface area contributed by atoms with Gasteiger partial charge in [-0.05, 0) is 80.7 Å². The van der Waals surface area contributed by atoms with Gasteiger partial charge in [0.25, 0.3) is 11.8 Å². The average Bonchev–Trinajstić information content (AvgIpc) is 2.78. The standard InChI is InChI=1S/C25H22F3N3O3S/c1-15(2)34-21-11-4-7-17(13-21)23(33)31-24(35)30-19-9-3-6-16(12-19)22(32)29-20-10-5-8-18(14-20)25(26,27)28/h3-15H,1-2H3,(H,29,32)(H2,30,31,33,35). The van der Waals surface area contributed by atoms with Crippen LogP contribution in [0.5, 0.6) is 5.75 Å². The Morgan fingerprint density at radius 1 is 0.829 bits per heavy atom. The van der Waals surface area contributed by atoms with Crippen molar-refractivity contribution in [1.29, 1.82) is 0 Å². The number of carbonyl (C=O) groups excluding carboxylic acids is 2. The van der Waals surface area contributed by atoms with Crippen LogP contribution in [0.25, 0.3) is 0 Å². The molecule has 6 nitrogen and oxygen atoms in total. The number of anilines is 2. The second kappa shape index (κ2) is 11.0. The summed E-state index contributed by atoms with van der Waals surface area (Å²) in [6, 6.07) is 17.1. The lowest BCUT2D eigenvalue weighted by atomic mass is 10.1. The molecule has 0 aliphatic rings. The largest absolute Gasteiger partial charge is 0.491 e. The van der Waals surface area contributed by atoms with Crippen LogP contribution in [0.1, 0.15) is 40.1 Å². The fourth-order valence-electron chi connectivity index (χ4n) is 3.04. The van der Waals surface area contributed by atoms with Gasteiger partial charge in [-0.1, -0.05) is 18.2 Å². The van der Waals surface area contributed by atoms with Gasteiger partial charge in [0, 0.05) is 22.5 Å². The van der Waals surface area contributed by atoms with Crippen molar-refractivity contribution in [3.8, 4) is 5.75 Å². The Kier molecular flexibility index (Phi) is 8.08. The summed E-state index contributed by atoms with van der Waals surface area (Å²) in [5.74, 6) is -0.508. The van der Waals surface area contributed by atoms with Gasteiger partial charge in [0.15, 0.2) is 5.11 Å². The molecule has 0 aliphatic heterocycles. The van der Waals surface area contributed by atoms with Crippen molar-refractivity contribution in [2.45, 2.75) is 26.1 Å². The van der Waals surface area contributed by atoms with E-state index in [9.17, 15) is 22.8 Å². The maximum atomic E-state index is 12.9. The maximum absolute atomic E-state index is 12.9. The first kappa shape index (κ1) is 25.7. The molecule has 0 aromatic heterocycles. The lowest BCUT2D eigenvalue weighted by Crippen LogP contribution is -2.34. The van der Waals surface area contributed by atoms with Crippen molar-refractivity contribution < 1.29 is 27.5 Å². The fraction of sp³-hybridized carbons (Fsp3) is 0.160. The van der Waals surface area contributed by atoms with Gasteiger partial charge in [-0.2, -0.15) is 13.2 Å². The monoisotopic (exact) mass is 501 g/mol. The smallest absolute Gasteiger partial charge is 0.416 e. The van der Waals surface area contributed by atoms with Crippen LogP contribution in [0, 0.1) is 0 Å². The van der Waals surface area contributed by atoms with Crippen molar-refractivity contribution in [2.75, 3.05) is 10.6 Å². The first-order valence-corrected chi connectivity index (χ1v) is 10.9. The van der Waals surface area contributed by atoms with Crippen molar-refractivity contribution in [3.05, 3.63) is 89.5 Å². The van der Waals surface area contributed by atoms with E-state index >= 15 is 0 Å². The Balaban J connectivity index is 1.63. The number of thiocarbonyl (C=S) groups is 1. The number of hydrogen-bond acceptors (Lipinski definition) is 4. The number of alkyl halides is 3. The van der Waals surface area contributed by atoms with Gasteiger partial charge in [0.2, 0.25) is 0 Å². The zero-order valence-electron chi connectivity index (χ0n) is 18.8. The Bertz CT molecular complexity index is 1250. The maximum Gasteiger partial charge on any atom is 0.416 e. The van der Waals surface area contributed by atoms with E-state index in [-0.39, 0.29) is 22.5 Å². The highest BCUT2D eigenvalue weighted by Gasteiger charge is 2.30. The predicted molar refractivity (Wildman–Crippen MR) is 132 cm³/mol. The average molecular weight is 502 g/mol. The minimum Gasteiger partial charge on any atom is -0.491 e. The van der Waals surface area contributed by atoms with E-state index in [0.717, 1.165) is 12.1 Å². The van der Waals surface area contributed by atoms with Crippen LogP contribution < -0.4 is 20.7 Å². The van der Waals surface area contributed by atoms with E-state index in [1.807, 2.05) is 13.8 Å². The number of halogens is 3. The number of amides is 2. The van der Waals surface area contributed by atoms with E-state index in [0.29, 0.717) is 17.0 Å². The van der Waals surface area contributed by atoms with Crippen LogP contribution >= 0.6 is 12.2 Å². The molecule has 0 spiro atoms. The molecule has 0 atom stereocenters. The third-order valence-corrected chi connectivity index (χ3v) is 4.73. The number of ether oxygens (including phenoxy) is 1. The van der Waals surface area contributed by atoms with Gasteiger partial charge in [-0.25, -0.2) is 0 Å². The minimum atomic E-state index is -4.52. The van der Waals surface area contributed by atoms with Gasteiger partial charge in [0.05, 0.1) is 11.7 Å². The summed E-state index contributed by atoms with van der Waals surface area (Å²) in [5.41, 5.74) is 0.0771. The predicted octanol–water partition coefficient (Wildman–Crippen LogP) is 5.87. The van der Waals surface area contributed by atoms with Crippen molar-refractivity contribution in [1.82, 2.24) is 5.32 Å². The number of rotatable bonds is 6. The van der Waals surface area contributed by atoms with E-state index in [4.69, 9.17) is 17.0 Å². The van der Waals surface area contributed by atoms with Gasteiger partial charge < -0.3 is 15.4 Å². The number of hydrogen-bond donors (Lipinski definition) is 3. The lowest BCUT2D eigenvalue weighted by Gasteiger charge is -2.13. The van der Waals surface area contributed by atoms with Crippen molar-refractivity contribution >= 4 is 40.5 Å². The highest BCUT2D eigenvalue weighted by molar-refractivity contribution is 7.80. The summed E-state index contributed by atoms with van der Waals surface area (Å²) < 4.78 is 44.3. The molecule has 0 saturated heterocycles. The van der Waals surface area contributed by atoms with E-state index in [1.165, 1.54) is 24.3 Å². The molecule has 0 saturated carbocycles. The summed E-state index contributed by atoms with van der Waals surface area (Å²) >= 11 is 5.20. The lowest BCUT2D eigenvalue weighted by molar-refractivity contribution is -0.137.